The highest BCUT2D eigenvalue weighted by Crippen LogP contribution is 2.47. The molecule has 0 amide bonds. The van der Waals surface area contributed by atoms with Crippen molar-refractivity contribution >= 4 is 0 Å². The predicted octanol–water partition coefficient (Wildman–Crippen LogP) is 3.03. The summed E-state index contributed by atoms with van der Waals surface area (Å²) in [7, 11) is 0. The van der Waals surface area contributed by atoms with Crippen molar-refractivity contribution in [2.75, 3.05) is 19.7 Å². The van der Waals surface area contributed by atoms with Crippen LogP contribution in [0.1, 0.15) is 60.3 Å². The lowest BCUT2D eigenvalue weighted by molar-refractivity contribution is -0.130. The van der Waals surface area contributed by atoms with Crippen molar-refractivity contribution in [3.05, 3.63) is 0 Å². The fourth-order valence-corrected chi connectivity index (χ4v) is 4.50. The zero-order chi connectivity index (χ0) is 15.0. The van der Waals surface area contributed by atoms with Gasteiger partial charge in [-0.25, -0.2) is 0 Å². The Morgan fingerprint density at radius 3 is 2.50 bits per heavy atom. The standard InChI is InChI=1S/C17H34N2O/c1-6-15-11-20-14(3)10-19(15)17(12-18)8-7-16(4,5)9-13(17)2/h13-15H,6-12,18H2,1-5H3. The first-order valence-electron chi connectivity index (χ1n) is 8.43. The van der Waals surface area contributed by atoms with Crippen molar-refractivity contribution in [2.24, 2.45) is 17.1 Å². The van der Waals surface area contributed by atoms with Gasteiger partial charge in [-0.2, -0.15) is 0 Å². The molecule has 0 aromatic rings. The molecule has 2 N–H and O–H groups in total. The van der Waals surface area contributed by atoms with Gasteiger partial charge < -0.3 is 10.5 Å². The summed E-state index contributed by atoms with van der Waals surface area (Å²) < 4.78 is 5.89. The number of hydrogen-bond acceptors (Lipinski definition) is 3. The number of morpholine rings is 1. The van der Waals surface area contributed by atoms with Gasteiger partial charge in [0, 0.05) is 24.7 Å². The smallest absolute Gasteiger partial charge is 0.0675 e. The van der Waals surface area contributed by atoms with Crippen LogP contribution in [0.15, 0.2) is 0 Å². The van der Waals surface area contributed by atoms with Gasteiger partial charge in [-0.05, 0) is 43.9 Å². The first-order valence-corrected chi connectivity index (χ1v) is 8.43. The van der Waals surface area contributed by atoms with E-state index in [9.17, 15) is 0 Å². The minimum atomic E-state index is 0.189. The van der Waals surface area contributed by atoms with Crippen molar-refractivity contribution < 1.29 is 4.74 Å². The Labute approximate surface area is 125 Å². The summed E-state index contributed by atoms with van der Waals surface area (Å²) in [5.74, 6) is 0.663. The van der Waals surface area contributed by atoms with E-state index in [4.69, 9.17) is 10.5 Å². The molecule has 118 valence electrons. The van der Waals surface area contributed by atoms with E-state index in [1.54, 1.807) is 0 Å². The van der Waals surface area contributed by atoms with E-state index in [1.807, 2.05) is 0 Å². The summed E-state index contributed by atoms with van der Waals surface area (Å²) in [4.78, 5) is 2.72. The molecular formula is C17H34N2O. The van der Waals surface area contributed by atoms with Gasteiger partial charge in [-0.1, -0.05) is 27.7 Å². The van der Waals surface area contributed by atoms with E-state index in [2.05, 4.69) is 39.5 Å². The van der Waals surface area contributed by atoms with Crippen molar-refractivity contribution in [2.45, 2.75) is 78.0 Å². The molecule has 1 heterocycles. The lowest BCUT2D eigenvalue weighted by Crippen LogP contribution is -2.67. The van der Waals surface area contributed by atoms with Crippen LogP contribution in [-0.4, -0.2) is 42.3 Å². The molecule has 1 saturated carbocycles. The molecule has 4 atom stereocenters. The maximum Gasteiger partial charge on any atom is 0.0675 e. The average molecular weight is 282 g/mol. The van der Waals surface area contributed by atoms with Crippen LogP contribution in [0.4, 0.5) is 0 Å². The molecule has 0 aromatic carbocycles. The maximum atomic E-state index is 6.33. The quantitative estimate of drug-likeness (QED) is 0.864. The summed E-state index contributed by atoms with van der Waals surface area (Å²) in [5, 5.41) is 0. The van der Waals surface area contributed by atoms with Gasteiger partial charge in [0.05, 0.1) is 12.7 Å². The monoisotopic (exact) mass is 282 g/mol. The van der Waals surface area contributed by atoms with Crippen LogP contribution >= 0.6 is 0 Å². The topological polar surface area (TPSA) is 38.5 Å². The predicted molar refractivity (Wildman–Crippen MR) is 84.8 cm³/mol. The minimum absolute atomic E-state index is 0.189. The lowest BCUT2D eigenvalue weighted by atomic mass is 9.62. The number of rotatable bonds is 3. The Balaban J connectivity index is 2.24. The van der Waals surface area contributed by atoms with Gasteiger partial charge in [0.1, 0.15) is 0 Å². The van der Waals surface area contributed by atoms with Crippen LogP contribution in [0.2, 0.25) is 0 Å². The van der Waals surface area contributed by atoms with Gasteiger partial charge in [0.15, 0.2) is 0 Å². The molecule has 3 heteroatoms. The van der Waals surface area contributed by atoms with E-state index >= 15 is 0 Å². The molecule has 1 aliphatic heterocycles. The SMILES string of the molecule is CCC1COC(C)CN1C1(CN)CCC(C)(C)CC1C. The third-order valence-corrected chi connectivity index (χ3v) is 5.88. The fraction of sp³-hybridized carbons (Fsp3) is 1.00. The van der Waals surface area contributed by atoms with Gasteiger partial charge >= 0.3 is 0 Å². The fourth-order valence-electron chi connectivity index (χ4n) is 4.50. The molecule has 2 fully saturated rings. The Kier molecular flexibility index (Phi) is 4.83. The van der Waals surface area contributed by atoms with Crippen LogP contribution in [0.3, 0.4) is 0 Å². The third-order valence-electron chi connectivity index (χ3n) is 5.88. The van der Waals surface area contributed by atoms with Crippen molar-refractivity contribution in [1.29, 1.82) is 0 Å². The van der Waals surface area contributed by atoms with Crippen molar-refractivity contribution in [3.63, 3.8) is 0 Å². The molecule has 2 rings (SSSR count). The Morgan fingerprint density at radius 2 is 1.95 bits per heavy atom. The van der Waals surface area contributed by atoms with Gasteiger partial charge in [-0.15, -0.1) is 0 Å². The Bertz CT molecular complexity index is 331. The second-order valence-corrected chi connectivity index (χ2v) is 7.94. The average Bonchev–Trinajstić information content (AvgIpc) is 2.39. The number of hydrogen-bond donors (Lipinski definition) is 1. The molecule has 1 aliphatic carbocycles. The highest BCUT2D eigenvalue weighted by atomic mass is 16.5. The van der Waals surface area contributed by atoms with Crippen LogP contribution in [-0.2, 0) is 4.74 Å². The van der Waals surface area contributed by atoms with Crippen LogP contribution in [0.25, 0.3) is 0 Å². The Morgan fingerprint density at radius 1 is 1.25 bits per heavy atom. The second-order valence-electron chi connectivity index (χ2n) is 7.94. The van der Waals surface area contributed by atoms with Gasteiger partial charge in [0.25, 0.3) is 0 Å². The first-order chi connectivity index (χ1) is 9.34. The van der Waals surface area contributed by atoms with Crippen molar-refractivity contribution in [1.82, 2.24) is 4.90 Å². The molecule has 1 saturated heterocycles. The van der Waals surface area contributed by atoms with E-state index in [0.717, 1.165) is 26.1 Å². The lowest BCUT2D eigenvalue weighted by Gasteiger charge is -2.57. The van der Waals surface area contributed by atoms with Gasteiger partial charge in [-0.3, -0.25) is 4.90 Å². The summed E-state index contributed by atoms with van der Waals surface area (Å²) in [6.45, 7) is 14.4. The molecule has 2 aliphatic rings. The highest BCUT2D eigenvalue weighted by Gasteiger charge is 2.49. The van der Waals surface area contributed by atoms with Crippen LogP contribution in [0.5, 0.6) is 0 Å². The zero-order valence-electron chi connectivity index (χ0n) is 14.1. The van der Waals surface area contributed by atoms with E-state index in [1.165, 1.54) is 19.3 Å². The minimum Gasteiger partial charge on any atom is -0.376 e. The number of ether oxygens (including phenoxy) is 1. The summed E-state index contributed by atoms with van der Waals surface area (Å²) in [5.41, 5.74) is 6.99. The molecule has 0 radical (unpaired) electrons. The summed E-state index contributed by atoms with van der Waals surface area (Å²) in [6.07, 6.45) is 5.30. The van der Waals surface area contributed by atoms with E-state index < -0.39 is 0 Å². The molecule has 0 bridgehead atoms. The zero-order valence-corrected chi connectivity index (χ0v) is 14.1. The van der Waals surface area contributed by atoms with Crippen LogP contribution < -0.4 is 5.73 Å². The molecule has 0 spiro atoms. The third kappa shape index (κ3) is 2.90. The summed E-state index contributed by atoms with van der Waals surface area (Å²) >= 11 is 0. The van der Waals surface area contributed by atoms with Crippen molar-refractivity contribution in [3.8, 4) is 0 Å². The largest absolute Gasteiger partial charge is 0.376 e. The molecule has 3 nitrogen and oxygen atoms in total. The van der Waals surface area contributed by atoms with E-state index in [-0.39, 0.29) is 5.54 Å². The summed E-state index contributed by atoms with van der Waals surface area (Å²) in [6, 6.07) is 0.540. The second kappa shape index (κ2) is 5.94. The Hall–Kier alpha value is -0.120. The highest BCUT2D eigenvalue weighted by molar-refractivity contribution is 5.04. The number of nitrogens with zero attached hydrogens (tertiary/aromatic N) is 1. The van der Waals surface area contributed by atoms with Gasteiger partial charge in [0.2, 0.25) is 0 Å². The molecule has 20 heavy (non-hydrogen) atoms. The van der Waals surface area contributed by atoms with E-state index in [0.29, 0.717) is 23.5 Å². The maximum absolute atomic E-state index is 6.33. The van der Waals surface area contributed by atoms with Crippen LogP contribution in [0, 0.1) is 11.3 Å². The molecule has 4 unspecified atom stereocenters. The molecular weight excluding hydrogens is 248 g/mol. The normalized spacial score (nSPS) is 42.6. The number of nitrogens with two attached hydrogens (primary N) is 1. The first kappa shape index (κ1) is 16.3. The molecule has 0 aromatic heterocycles.